The molecule has 0 amide bonds. The molecule has 0 saturated carbocycles. The second-order valence-electron chi connectivity index (χ2n) is 6.76. The van der Waals surface area contributed by atoms with Gasteiger partial charge >= 0.3 is 0 Å². The lowest BCUT2D eigenvalue weighted by atomic mass is 10.1. The minimum Gasteiger partial charge on any atom is -0.265 e. The summed E-state index contributed by atoms with van der Waals surface area (Å²) >= 11 is 3.79. The van der Waals surface area contributed by atoms with Crippen LogP contribution >= 0.6 is 22.7 Å². The van der Waals surface area contributed by atoms with E-state index in [1.54, 1.807) is 0 Å². The molecule has 4 heteroatoms. The van der Waals surface area contributed by atoms with E-state index >= 15 is 0 Å². The largest absolute Gasteiger partial charge is 0.265 e. The maximum absolute atomic E-state index is 4.12. The van der Waals surface area contributed by atoms with Gasteiger partial charge in [0.1, 0.15) is 0 Å². The van der Waals surface area contributed by atoms with Crippen LogP contribution in [-0.4, -0.2) is 9.97 Å². The van der Waals surface area contributed by atoms with Crippen molar-refractivity contribution in [2.24, 2.45) is 0 Å². The Kier molecular flexibility index (Phi) is 3.54. The summed E-state index contributed by atoms with van der Waals surface area (Å²) in [5.74, 6) is 0. The molecule has 0 aliphatic heterocycles. The molecule has 132 valence electrons. The van der Waals surface area contributed by atoms with E-state index in [1.165, 1.54) is 51.8 Å². The molecule has 0 N–H and O–H groups in total. The van der Waals surface area contributed by atoms with Crippen molar-refractivity contribution in [2.75, 3.05) is 0 Å². The first-order valence-electron chi connectivity index (χ1n) is 9.06. The predicted octanol–water partition coefficient (Wildman–Crippen LogP) is 7.39. The fourth-order valence-corrected chi connectivity index (χ4v) is 6.44. The SMILES string of the molecule is c1cc(-c2ccc3c(c2)sc2c4ccc(-c5ccncc5)cc4sc32)ccn1. The highest BCUT2D eigenvalue weighted by atomic mass is 32.1. The van der Waals surface area contributed by atoms with Crippen molar-refractivity contribution in [3.05, 3.63) is 85.5 Å². The second kappa shape index (κ2) is 6.23. The normalized spacial score (nSPS) is 11.6. The molecular weight excluding hydrogens is 380 g/mol. The first-order valence-corrected chi connectivity index (χ1v) is 10.7. The van der Waals surface area contributed by atoms with Crippen LogP contribution < -0.4 is 0 Å². The van der Waals surface area contributed by atoms with Crippen LogP contribution in [0.3, 0.4) is 0 Å². The van der Waals surface area contributed by atoms with Gasteiger partial charge in [0.05, 0.1) is 9.40 Å². The third-order valence-electron chi connectivity index (χ3n) is 5.11. The number of thiophene rings is 2. The summed E-state index contributed by atoms with van der Waals surface area (Å²) in [6, 6.07) is 21.8. The van der Waals surface area contributed by atoms with Gasteiger partial charge in [-0.3, -0.25) is 9.97 Å². The van der Waals surface area contributed by atoms with Crippen molar-refractivity contribution in [2.45, 2.75) is 0 Å². The van der Waals surface area contributed by atoms with Crippen molar-refractivity contribution in [1.82, 2.24) is 9.97 Å². The van der Waals surface area contributed by atoms with Crippen LogP contribution in [0.15, 0.2) is 85.5 Å². The summed E-state index contributed by atoms with van der Waals surface area (Å²) in [5.41, 5.74) is 4.90. The van der Waals surface area contributed by atoms with E-state index in [2.05, 4.69) is 70.6 Å². The molecule has 0 atom stereocenters. The van der Waals surface area contributed by atoms with E-state index in [-0.39, 0.29) is 0 Å². The van der Waals surface area contributed by atoms with E-state index in [9.17, 15) is 0 Å². The minimum atomic E-state index is 1.21. The molecule has 0 fully saturated rings. The van der Waals surface area contributed by atoms with E-state index < -0.39 is 0 Å². The minimum absolute atomic E-state index is 1.21. The number of fused-ring (bicyclic) bond motifs is 5. The summed E-state index contributed by atoms with van der Waals surface area (Å²) in [6.07, 6.45) is 7.39. The number of rotatable bonds is 2. The smallest absolute Gasteiger partial charge is 0.0542 e. The number of pyridine rings is 2. The lowest BCUT2D eigenvalue weighted by molar-refractivity contribution is 1.33. The average Bonchev–Trinajstić information content (AvgIpc) is 3.30. The third-order valence-corrected chi connectivity index (χ3v) is 7.61. The number of benzene rings is 2. The summed E-state index contributed by atoms with van der Waals surface area (Å²) in [4.78, 5) is 8.25. The Labute approximate surface area is 169 Å². The second-order valence-corrected chi connectivity index (χ2v) is 8.86. The van der Waals surface area contributed by atoms with Crippen LogP contribution in [0.5, 0.6) is 0 Å². The highest BCUT2D eigenvalue weighted by molar-refractivity contribution is 7.36. The highest BCUT2D eigenvalue weighted by Gasteiger charge is 2.13. The quantitative estimate of drug-likeness (QED) is 0.306. The van der Waals surface area contributed by atoms with Gasteiger partial charge in [0.15, 0.2) is 0 Å². The fourth-order valence-electron chi connectivity index (χ4n) is 3.70. The maximum atomic E-state index is 4.12. The van der Waals surface area contributed by atoms with Gasteiger partial charge in [-0.2, -0.15) is 0 Å². The maximum Gasteiger partial charge on any atom is 0.0542 e. The summed E-state index contributed by atoms with van der Waals surface area (Å²) in [5, 5.41) is 2.70. The molecular formula is C24H14N2S2. The van der Waals surface area contributed by atoms with Gasteiger partial charge in [-0.05, 0) is 58.7 Å². The molecule has 4 heterocycles. The molecule has 0 saturated heterocycles. The van der Waals surface area contributed by atoms with E-state index in [4.69, 9.17) is 0 Å². The van der Waals surface area contributed by atoms with Crippen LogP contribution in [0.2, 0.25) is 0 Å². The van der Waals surface area contributed by atoms with Crippen LogP contribution in [0.1, 0.15) is 0 Å². The summed E-state index contributed by atoms with van der Waals surface area (Å²) < 4.78 is 5.47. The highest BCUT2D eigenvalue weighted by Crippen LogP contribution is 2.45. The van der Waals surface area contributed by atoms with Gasteiger partial charge in [-0.1, -0.05) is 24.3 Å². The molecule has 6 rings (SSSR count). The molecule has 2 aromatic carbocycles. The van der Waals surface area contributed by atoms with Crippen LogP contribution in [0.25, 0.3) is 51.8 Å². The molecule has 0 unspecified atom stereocenters. The van der Waals surface area contributed by atoms with Crippen LogP contribution in [0.4, 0.5) is 0 Å². The van der Waals surface area contributed by atoms with Crippen molar-refractivity contribution in [1.29, 1.82) is 0 Å². The summed E-state index contributed by atoms with van der Waals surface area (Å²) in [6.45, 7) is 0. The Hall–Kier alpha value is -3.08. The van der Waals surface area contributed by atoms with Crippen molar-refractivity contribution >= 4 is 52.2 Å². The zero-order valence-electron chi connectivity index (χ0n) is 14.8. The molecule has 0 aliphatic carbocycles. The van der Waals surface area contributed by atoms with Gasteiger partial charge in [-0.15, -0.1) is 22.7 Å². The molecule has 0 spiro atoms. The van der Waals surface area contributed by atoms with Crippen molar-refractivity contribution < 1.29 is 0 Å². The van der Waals surface area contributed by atoms with Crippen molar-refractivity contribution in [3.63, 3.8) is 0 Å². The van der Waals surface area contributed by atoms with E-state index in [1.807, 2.05) is 47.5 Å². The van der Waals surface area contributed by atoms with Gasteiger partial charge < -0.3 is 0 Å². The zero-order valence-corrected chi connectivity index (χ0v) is 16.4. The van der Waals surface area contributed by atoms with Gasteiger partial charge in [0, 0.05) is 45.0 Å². The molecule has 4 aromatic heterocycles. The monoisotopic (exact) mass is 394 g/mol. The Balaban J connectivity index is 1.53. The molecule has 6 aromatic rings. The van der Waals surface area contributed by atoms with E-state index in [0.717, 1.165) is 0 Å². The number of hydrogen-bond donors (Lipinski definition) is 0. The number of nitrogens with zero attached hydrogens (tertiary/aromatic N) is 2. The molecule has 0 bridgehead atoms. The first kappa shape index (κ1) is 15.9. The Morgan fingerprint density at radius 2 is 0.893 bits per heavy atom. The summed E-state index contributed by atoms with van der Waals surface area (Å²) in [7, 11) is 0. The lowest BCUT2D eigenvalue weighted by Crippen LogP contribution is -1.77. The number of aromatic nitrogens is 2. The number of hydrogen-bond acceptors (Lipinski definition) is 4. The average molecular weight is 395 g/mol. The van der Waals surface area contributed by atoms with Crippen LogP contribution in [0, 0.1) is 0 Å². The zero-order chi connectivity index (χ0) is 18.5. The molecule has 28 heavy (non-hydrogen) atoms. The fraction of sp³-hybridized carbons (Fsp3) is 0. The van der Waals surface area contributed by atoms with E-state index in [0.29, 0.717) is 0 Å². The predicted molar refractivity (Wildman–Crippen MR) is 121 cm³/mol. The molecule has 2 nitrogen and oxygen atoms in total. The topological polar surface area (TPSA) is 25.8 Å². The Bertz CT molecular complexity index is 1330. The first-order chi connectivity index (χ1) is 13.9. The molecule has 0 radical (unpaired) electrons. The lowest BCUT2D eigenvalue weighted by Gasteiger charge is -2.01. The van der Waals surface area contributed by atoms with Crippen LogP contribution in [-0.2, 0) is 0 Å². The van der Waals surface area contributed by atoms with Gasteiger partial charge in [-0.25, -0.2) is 0 Å². The Morgan fingerprint density at radius 1 is 0.464 bits per heavy atom. The Morgan fingerprint density at radius 3 is 1.32 bits per heavy atom. The van der Waals surface area contributed by atoms with Gasteiger partial charge in [0.25, 0.3) is 0 Å². The third kappa shape index (κ3) is 2.46. The standard InChI is InChI=1S/C24H14N2S2/c1-3-19-21(13-17(1)15-5-9-25-10-6-15)27-24-20-4-2-18(14-22(20)28-23(19)24)16-7-11-26-12-8-16/h1-14H. The van der Waals surface area contributed by atoms with Crippen molar-refractivity contribution in [3.8, 4) is 22.3 Å². The molecule has 0 aliphatic rings. The van der Waals surface area contributed by atoms with Gasteiger partial charge in [0.2, 0.25) is 0 Å².